The number of para-hydroxylation sites is 1. The maximum Gasteiger partial charge on any atom is 0.228 e. The van der Waals surface area contributed by atoms with E-state index < -0.39 is 18.0 Å². The van der Waals surface area contributed by atoms with E-state index in [4.69, 9.17) is 5.48 Å². The van der Waals surface area contributed by atoms with E-state index >= 15 is 0 Å². The second-order valence-electron chi connectivity index (χ2n) is 2.63. The molecule has 66 valence electrons. The van der Waals surface area contributed by atoms with E-state index in [1.165, 1.54) is 6.92 Å². The Hall–Kier alpha value is -1.77. The maximum absolute atomic E-state index is 11.3. The Morgan fingerprint density at radius 1 is 1.54 bits per heavy atom. The van der Waals surface area contributed by atoms with Crippen molar-refractivity contribution in [1.29, 1.82) is 0 Å². The van der Waals surface area contributed by atoms with Gasteiger partial charge >= 0.3 is 0 Å². The molecule has 0 amide bonds. The SMILES string of the molecule is [2H]c1c([2H])c([2H])c2c(c(O)cn2C(C)=O)c1[2H]. The van der Waals surface area contributed by atoms with Gasteiger partial charge in [0.05, 0.1) is 17.2 Å². The van der Waals surface area contributed by atoms with Crippen LogP contribution in [0.4, 0.5) is 0 Å². The molecular weight excluding hydrogens is 166 g/mol. The van der Waals surface area contributed by atoms with Gasteiger partial charge in [0, 0.05) is 12.3 Å². The number of rotatable bonds is 0. The van der Waals surface area contributed by atoms with Gasteiger partial charge in [-0.25, -0.2) is 0 Å². The fourth-order valence-electron chi connectivity index (χ4n) is 1.17. The number of hydrogen-bond acceptors (Lipinski definition) is 2. The van der Waals surface area contributed by atoms with Crippen molar-refractivity contribution >= 4 is 16.8 Å². The molecule has 0 spiro atoms. The number of nitrogens with zero attached hydrogens (tertiary/aromatic N) is 1. The zero-order chi connectivity index (χ0) is 12.9. The maximum atomic E-state index is 11.3. The van der Waals surface area contributed by atoms with Crippen molar-refractivity contribution in [3.8, 4) is 5.75 Å². The highest BCUT2D eigenvalue weighted by atomic mass is 16.3. The van der Waals surface area contributed by atoms with E-state index in [1.807, 2.05) is 0 Å². The highest BCUT2D eigenvalue weighted by Crippen LogP contribution is 2.26. The molecule has 3 heteroatoms. The van der Waals surface area contributed by atoms with E-state index in [9.17, 15) is 9.90 Å². The van der Waals surface area contributed by atoms with Gasteiger partial charge in [0.15, 0.2) is 0 Å². The number of benzene rings is 1. The van der Waals surface area contributed by atoms with E-state index in [0.717, 1.165) is 10.8 Å². The minimum Gasteiger partial charge on any atom is -0.506 e. The lowest BCUT2D eigenvalue weighted by atomic mass is 10.2. The van der Waals surface area contributed by atoms with Gasteiger partial charge in [0.2, 0.25) is 5.91 Å². The van der Waals surface area contributed by atoms with Crippen LogP contribution in [0.2, 0.25) is 0 Å². The lowest BCUT2D eigenvalue weighted by Crippen LogP contribution is -2.02. The summed E-state index contributed by atoms with van der Waals surface area (Å²) in [5, 5.41) is 9.60. The van der Waals surface area contributed by atoms with Gasteiger partial charge in [-0.1, -0.05) is 12.1 Å². The lowest BCUT2D eigenvalue weighted by molar-refractivity contribution is 0.0941. The molecule has 13 heavy (non-hydrogen) atoms. The quantitative estimate of drug-likeness (QED) is 0.672. The van der Waals surface area contributed by atoms with E-state index in [-0.39, 0.29) is 28.7 Å². The number of aromatic nitrogens is 1. The van der Waals surface area contributed by atoms with Crippen LogP contribution in [0.1, 0.15) is 17.2 Å². The summed E-state index contributed by atoms with van der Waals surface area (Å²) >= 11 is 0. The minimum absolute atomic E-state index is 0.000926. The summed E-state index contributed by atoms with van der Waals surface area (Å²) in [4.78, 5) is 11.3. The van der Waals surface area contributed by atoms with Crippen LogP contribution in [0.3, 0.4) is 0 Å². The third-order valence-corrected chi connectivity index (χ3v) is 1.76. The molecule has 0 saturated heterocycles. The first-order valence-corrected chi connectivity index (χ1v) is 3.67. The summed E-state index contributed by atoms with van der Waals surface area (Å²) < 4.78 is 31.4. The highest BCUT2D eigenvalue weighted by Gasteiger charge is 2.08. The van der Waals surface area contributed by atoms with Crippen LogP contribution >= 0.6 is 0 Å². The lowest BCUT2D eigenvalue weighted by Gasteiger charge is -1.96. The smallest absolute Gasteiger partial charge is 0.228 e. The van der Waals surface area contributed by atoms with Gasteiger partial charge < -0.3 is 5.11 Å². The Balaban J connectivity index is 3.08. The number of aromatic hydroxyl groups is 1. The Bertz CT molecular complexity index is 648. The number of carbonyl (C=O) groups is 1. The van der Waals surface area contributed by atoms with E-state index in [1.54, 1.807) is 0 Å². The molecule has 0 fully saturated rings. The molecule has 2 rings (SSSR count). The minimum atomic E-state index is -0.431. The first-order valence-electron chi connectivity index (χ1n) is 5.67. The second kappa shape index (κ2) is 2.62. The number of hydrogen-bond donors (Lipinski definition) is 1. The third kappa shape index (κ3) is 1.09. The molecule has 1 aromatic carbocycles. The molecule has 0 radical (unpaired) electrons. The summed E-state index contributed by atoms with van der Waals surface area (Å²) in [6.07, 6.45) is 1.10. The third-order valence-electron chi connectivity index (χ3n) is 1.76. The number of fused-ring (bicyclic) bond motifs is 1. The molecule has 1 aromatic heterocycles. The van der Waals surface area contributed by atoms with E-state index in [0.29, 0.717) is 0 Å². The van der Waals surface area contributed by atoms with Gasteiger partial charge in [-0.15, -0.1) is 0 Å². The van der Waals surface area contributed by atoms with Crippen molar-refractivity contribution < 1.29 is 15.4 Å². The molecule has 0 aliphatic rings. The predicted octanol–water partition coefficient (Wildman–Crippen LogP) is 2.01. The average molecular weight is 179 g/mol. The summed E-state index contributed by atoms with van der Waals surface area (Å²) in [5.41, 5.74) is 0.000926. The number of carbonyl (C=O) groups excluding carboxylic acids is 1. The average Bonchev–Trinajstić information content (AvgIpc) is 2.61. The largest absolute Gasteiger partial charge is 0.506 e. The van der Waals surface area contributed by atoms with Crippen molar-refractivity contribution in [1.82, 2.24) is 4.57 Å². The summed E-state index contributed by atoms with van der Waals surface area (Å²) in [5.74, 6) is -0.762. The molecule has 0 unspecified atom stereocenters. The van der Waals surface area contributed by atoms with Crippen LogP contribution in [0.25, 0.3) is 10.9 Å². The predicted molar refractivity (Wildman–Crippen MR) is 49.9 cm³/mol. The van der Waals surface area contributed by atoms with Gasteiger partial charge in [-0.05, 0) is 12.1 Å². The Kier molecular flexibility index (Phi) is 0.900. The Morgan fingerprint density at radius 3 is 2.92 bits per heavy atom. The topological polar surface area (TPSA) is 42.2 Å². The standard InChI is InChI=1S/C10H9NO2/c1-7(12)11-6-10(13)8-4-2-3-5-9(8)11/h2-6,13H,1H3/i2D,3D,4D,5D. The van der Waals surface area contributed by atoms with Crippen LogP contribution in [0.5, 0.6) is 5.75 Å². The first kappa shape index (κ1) is 4.46. The fourth-order valence-corrected chi connectivity index (χ4v) is 1.17. The zero-order valence-electron chi connectivity index (χ0n) is 10.9. The molecule has 1 N–H and O–H groups in total. The van der Waals surface area contributed by atoms with Crippen molar-refractivity contribution in [2.24, 2.45) is 0 Å². The van der Waals surface area contributed by atoms with Crippen molar-refractivity contribution in [3.05, 3.63) is 30.4 Å². The van der Waals surface area contributed by atoms with Gasteiger partial charge in [0.1, 0.15) is 5.75 Å². The zero-order valence-corrected chi connectivity index (χ0v) is 6.88. The summed E-state index contributed by atoms with van der Waals surface area (Å²) in [7, 11) is 0. The highest BCUT2D eigenvalue weighted by molar-refractivity contribution is 5.95. The summed E-state index contributed by atoms with van der Waals surface area (Å²) in [6.45, 7) is 1.25. The molecular formula is C10H9NO2. The first-order chi connectivity index (χ1) is 7.86. The van der Waals surface area contributed by atoms with Crippen molar-refractivity contribution in [3.63, 3.8) is 0 Å². The molecule has 3 nitrogen and oxygen atoms in total. The van der Waals surface area contributed by atoms with Gasteiger partial charge in [-0.2, -0.15) is 0 Å². The van der Waals surface area contributed by atoms with E-state index in [2.05, 4.69) is 0 Å². The van der Waals surface area contributed by atoms with Crippen LogP contribution in [0, 0.1) is 0 Å². The Morgan fingerprint density at radius 2 is 2.23 bits per heavy atom. The van der Waals surface area contributed by atoms with Crippen molar-refractivity contribution in [2.75, 3.05) is 0 Å². The molecule has 0 bridgehead atoms. The molecule has 0 aliphatic carbocycles. The Labute approximate surface area is 80.8 Å². The van der Waals surface area contributed by atoms with Crippen LogP contribution in [-0.4, -0.2) is 15.6 Å². The summed E-state index contributed by atoms with van der Waals surface area (Å²) in [6, 6.07) is -1.54. The van der Waals surface area contributed by atoms with Gasteiger partial charge in [0.25, 0.3) is 0 Å². The van der Waals surface area contributed by atoms with Crippen molar-refractivity contribution in [2.45, 2.75) is 6.92 Å². The second-order valence-corrected chi connectivity index (χ2v) is 2.63. The molecule has 0 saturated carbocycles. The molecule has 0 atom stereocenters. The molecule has 2 aromatic rings. The van der Waals surface area contributed by atoms with Crippen LogP contribution in [-0.2, 0) is 0 Å². The fraction of sp³-hybridized carbons (Fsp3) is 0.100. The van der Waals surface area contributed by atoms with Crippen LogP contribution in [0.15, 0.2) is 30.4 Å². The molecule has 1 heterocycles. The van der Waals surface area contributed by atoms with Gasteiger partial charge in [-0.3, -0.25) is 9.36 Å². The normalized spacial score (nSPS) is 14.8. The molecule has 0 aliphatic heterocycles. The van der Waals surface area contributed by atoms with Crippen LogP contribution < -0.4 is 0 Å². The monoisotopic (exact) mass is 179 g/mol.